The Hall–Kier alpha value is -3.16. The number of benzene rings is 1. The van der Waals surface area contributed by atoms with Crippen molar-refractivity contribution in [3.8, 4) is 5.69 Å². The van der Waals surface area contributed by atoms with E-state index in [-0.39, 0.29) is 11.6 Å². The molecule has 4 aromatic rings. The number of aryl methyl sites for hydroxylation is 2. The SMILES string of the molecule is O=C(Nc1ccn(CCc2ccncc2)n1)c1ccn(-c2ccc(Cl)c(Cl)c2)n1. The lowest BCUT2D eigenvalue weighted by Gasteiger charge is -2.03. The molecule has 0 aliphatic rings. The fourth-order valence-electron chi connectivity index (χ4n) is 2.74. The molecule has 0 aliphatic heterocycles. The minimum Gasteiger partial charge on any atom is -0.304 e. The molecule has 3 heterocycles. The summed E-state index contributed by atoms with van der Waals surface area (Å²) in [6.07, 6.45) is 7.86. The third-order valence-corrected chi connectivity index (χ3v) is 4.99. The van der Waals surface area contributed by atoms with Crippen LogP contribution in [-0.4, -0.2) is 30.5 Å². The fourth-order valence-corrected chi connectivity index (χ4v) is 3.04. The lowest BCUT2D eigenvalue weighted by Crippen LogP contribution is -2.14. The molecule has 1 aromatic carbocycles. The van der Waals surface area contributed by atoms with Gasteiger partial charge in [0, 0.05) is 37.4 Å². The maximum absolute atomic E-state index is 12.5. The van der Waals surface area contributed by atoms with Crippen LogP contribution in [0.4, 0.5) is 5.82 Å². The Morgan fingerprint density at radius 1 is 0.966 bits per heavy atom. The predicted octanol–water partition coefficient (Wildman–Crippen LogP) is 4.27. The lowest BCUT2D eigenvalue weighted by molar-refractivity contribution is 0.102. The van der Waals surface area contributed by atoms with E-state index < -0.39 is 0 Å². The molecule has 0 radical (unpaired) electrons. The van der Waals surface area contributed by atoms with E-state index in [0.29, 0.717) is 28.1 Å². The van der Waals surface area contributed by atoms with Crippen LogP contribution < -0.4 is 5.32 Å². The van der Waals surface area contributed by atoms with Gasteiger partial charge in [-0.2, -0.15) is 10.2 Å². The van der Waals surface area contributed by atoms with E-state index in [0.717, 1.165) is 6.42 Å². The Morgan fingerprint density at radius 2 is 1.79 bits per heavy atom. The monoisotopic (exact) mass is 426 g/mol. The highest BCUT2D eigenvalue weighted by Gasteiger charge is 2.12. The van der Waals surface area contributed by atoms with Gasteiger partial charge in [-0.25, -0.2) is 4.68 Å². The molecule has 7 nitrogen and oxygen atoms in total. The number of pyridine rings is 1. The normalized spacial score (nSPS) is 10.8. The van der Waals surface area contributed by atoms with Gasteiger partial charge in [-0.1, -0.05) is 23.2 Å². The Balaban J connectivity index is 1.39. The molecule has 0 aliphatic carbocycles. The Labute approximate surface area is 176 Å². The molecule has 0 saturated heterocycles. The van der Waals surface area contributed by atoms with Crippen LogP contribution in [0.15, 0.2) is 67.3 Å². The molecule has 3 aromatic heterocycles. The number of halogens is 2. The van der Waals surface area contributed by atoms with Crippen LogP contribution in [0.1, 0.15) is 16.1 Å². The van der Waals surface area contributed by atoms with Crippen LogP contribution in [0.25, 0.3) is 5.69 Å². The van der Waals surface area contributed by atoms with Crippen molar-refractivity contribution in [2.24, 2.45) is 0 Å². The summed E-state index contributed by atoms with van der Waals surface area (Å²) in [6, 6.07) is 12.4. The first-order chi connectivity index (χ1) is 14.1. The van der Waals surface area contributed by atoms with E-state index >= 15 is 0 Å². The molecule has 146 valence electrons. The molecule has 1 N–H and O–H groups in total. The summed E-state index contributed by atoms with van der Waals surface area (Å²) < 4.78 is 3.34. The molecule has 0 spiro atoms. The van der Waals surface area contributed by atoms with Crippen LogP contribution in [0.3, 0.4) is 0 Å². The van der Waals surface area contributed by atoms with Crippen LogP contribution in [-0.2, 0) is 13.0 Å². The molecular formula is C20H16Cl2N6O. The number of carbonyl (C=O) groups excluding carboxylic acids is 1. The second-order valence-corrected chi connectivity index (χ2v) is 7.08. The van der Waals surface area contributed by atoms with Gasteiger partial charge in [0.2, 0.25) is 0 Å². The van der Waals surface area contributed by atoms with Crippen LogP contribution in [0, 0.1) is 0 Å². The summed E-state index contributed by atoms with van der Waals surface area (Å²) >= 11 is 12.0. The summed E-state index contributed by atoms with van der Waals surface area (Å²) in [6.45, 7) is 0.700. The van der Waals surface area contributed by atoms with Gasteiger partial charge in [-0.05, 0) is 48.4 Å². The second kappa shape index (κ2) is 8.46. The maximum atomic E-state index is 12.5. The number of nitrogens with zero attached hydrogens (tertiary/aromatic N) is 5. The van der Waals surface area contributed by atoms with E-state index in [2.05, 4.69) is 20.5 Å². The number of amides is 1. The van der Waals surface area contributed by atoms with Crippen molar-refractivity contribution in [2.75, 3.05) is 5.32 Å². The van der Waals surface area contributed by atoms with Gasteiger partial charge in [-0.15, -0.1) is 0 Å². The highest BCUT2D eigenvalue weighted by Crippen LogP contribution is 2.24. The molecule has 0 saturated carbocycles. The molecule has 0 bridgehead atoms. The Morgan fingerprint density at radius 3 is 2.59 bits per heavy atom. The third-order valence-electron chi connectivity index (χ3n) is 4.25. The highest BCUT2D eigenvalue weighted by molar-refractivity contribution is 6.42. The smallest absolute Gasteiger partial charge is 0.277 e. The molecule has 0 atom stereocenters. The van der Waals surface area contributed by atoms with E-state index in [4.69, 9.17) is 23.2 Å². The van der Waals surface area contributed by atoms with Crippen LogP contribution >= 0.6 is 23.2 Å². The summed E-state index contributed by atoms with van der Waals surface area (Å²) in [5.41, 5.74) is 2.15. The standard InChI is InChI=1S/C20H16Cl2N6O/c21-16-2-1-15(13-17(16)22)28-12-6-18(25-28)20(29)24-19-7-11-27(26-19)10-5-14-3-8-23-9-4-14/h1-4,6-9,11-13H,5,10H2,(H,24,26,29). The first kappa shape index (κ1) is 19.2. The minimum absolute atomic E-state index is 0.266. The molecule has 29 heavy (non-hydrogen) atoms. The molecule has 4 rings (SSSR count). The van der Waals surface area contributed by atoms with Crippen molar-refractivity contribution in [3.05, 3.63) is 88.6 Å². The van der Waals surface area contributed by atoms with E-state index in [1.54, 1.807) is 58.3 Å². The van der Waals surface area contributed by atoms with Gasteiger partial charge in [0.05, 0.1) is 15.7 Å². The van der Waals surface area contributed by atoms with Crippen molar-refractivity contribution < 1.29 is 4.79 Å². The van der Waals surface area contributed by atoms with Crippen LogP contribution in [0.2, 0.25) is 10.0 Å². The number of hydrogen-bond donors (Lipinski definition) is 1. The molecule has 0 unspecified atom stereocenters. The average molecular weight is 427 g/mol. The fraction of sp³-hybridized carbons (Fsp3) is 0.100. The Bertz CT molecular complexity index is 1140. The highest BCUT2D eigenvalue weighted by atomic mass is 35.5. The van der Waals surface area contributed by atoms with E-state index in [9.17, 15) is 4.79 Å². The van der Waals surface area contributed by atoms with Gasteiger partial charge in [0.25, 0.3) is 5.91 Å². The number of aromatic nitrogens is 5. The number of rotatable bonds is 6. The van der Waals surface area contributed by atoms with Crippen molar-refractivity contribution >= 4 is 34.9 Å². The lowest BCUT2D eigenvalue weighted by atomic mass is 10.2. The van der Waals surface area contributed by atoms with Crippen LogP contribution in [0.5, 0.6) is 0 Å². The predicted molar refractivity (Wildman–Crippen MR) is 112 cm³/mol. The first-order valence-electron chi connectivity index (χ1n) is 8.83. The quantitative estimate of drug-likeness (QED) is 0.499. The van der Waals surface area contributed by atoms with Crippen molar-refractivity contribution in [1.29, 1.82) is 0 Å². The maximum Gasteiger partial charge on any atom is 0.277 e. The zero-order valence-corrected chi connectivity index (χ0v) is 16.7. The van der Waals surface area contributed by atoms with Crippen molar-refractivity contribution in [2.45, 2.75) is 13.0 Å². The van der Waals surface area contributed by atoms with E-state index in [1.807, 2.05) is 18.3 Å². The van der Waals surface area contributed by atoms with Crippen molar-refractivity contribution in [3.63, 3.8) is 0 Å². The summed E-state index contributed by atoms with van der Waals surface area (Å²) in [4.78, 5) is 16.5. The molecule has 9 heteroatoms. The summed E-state index contributed by atoms with van der Waals surface area (Å²) in [7, 11) is 0. The number of nitrogens with one attached hydrogen (secondary N) is 1. The Kier molecular flexibility index (Phi) is 5.59. The number of carbonyl (C=O) groups is 1. The van der Waals surface area contributed by atoms with Gasteiger partial charge in [0.1, 0.15) is 0 Å². The number of anilines is 1. The van der Waals surface area contributed by atoms with Gasteiger partial charge in [-0.3, -0.25) is 14.5 Å². The first-order valence-corrected chi connectivity index (χ1v) is 9.59. The zero-order chi connectivity index (χ0) is 20.2. The number of hydrogen-bond acceptors (Lipinski definition) is 4. The zero-order valence-electron chi connectivity index (χ0n) is 15.2. The van der Waals surface area contributed by atoms with Crippen molar-refractivity contribution in [1.82, 2.24) is 24.5 Å². The third kappa shape index (κ3) is 4.64. The average Bonchev–Trinajstić information content (AvgIpc) is 3.39. The largest absolute Gasteiger partial charge is 0.304 e. The van der Waals surface area contributed by atoms with E-state index in [1.165, 1.54) is 5.56 Å². The van der Waals surface area contributed by atoms with Gasteiger partial charge in [0.15, 0.2) is 11.5 Å². The topological polar surface area (TPSA) is 77.6 Å². The van der Waals surface area contributed by atoms with Gasteiger partial charge < -0.3 is 5.32 Å². The molecule has 0 fully saturated rings. The minimum atomic E-state index is -0.344. The molecular weight excluding hydrogens is 411 g/mol. The second-order valence-electron chi connectivity index (χ2n) is 6.27. The van der Waals surface area contributed by atoms with Gasteiger partial charge >= 0.3 is 0 Å². The summed E-state index contributed by atoms with van der Waals surface area (Å²) in [5, 5.41) is 12.3. The summed E-state index contributed by atoms with van der Waals surface area (Å²) in [5.74, 6) is 0.122. The molecule has 1 amide bonds.